The van der Waals surface area contributed by atoms with Crippen LogP contribution in [0.15, 0.2) is 58.4 Å². The lowest BCUT2D eigenvalue weighted by Crippen LogP contribution is -2.40. The summed E-state index contributed by atoms with van der Waals surface area (Å²) in [5.41, 5.74) is 1.41. The molecule has 0 saturated heterocycles. The summed E-state index contributed by atoms with van der Waals surface area (Å²) >= 11 is 0. The number of amides is 1. The number of fused-ring (bicyclic) bond motifs is 2. The van der Waals surface area contributed by atoms with Gasteiger partial charge in [0.2, 0.25) is 5.91 Å². The summed E-state index contributed by atoms with van der Waals surface area (Å²) in [6.45, 7) is 4.12. The number of aliphatic imine (C=N–C) groups is 1. The third-order valence-corrected chi connectivity index (χ3v) is 6.24. The lowest BCUT2D eigenvalue weighted by atomic mass is 10.0. The van der Waals surface area contributed by atoms with E-state index in [-0.39, 0.29) is 28.6 Å². The third kappa shape index (κ3) is 3.24. The zero-order chi connectivity index (χ0) is 19.9. The topological polar surface area (TPSA) is 96.9 Å². The van der Waals surface area contributed by atoms with Crippen LogP contribution in [0.25, 0.3) is 0 Å². The van der Waals surface area contributed by atoms with Gasteiger partial charge in [-0.25, -0.2) is 8.42 Å². The third-order valence-electron chi connectivity index (χ3n) is 4.85. The summed E-state index contributed by atoms with van der Waals surface area (Å²) in [6, 6.07) is 13.2. The fraction of sp³-hybridized carbons (Fsp3) is 0.300. The van der Waals surface area contributed by atoms with Gasteiger partial charge in [-0.3, -0.25) is 14.5 Å². The number of nitrogens with one attached hydrogen (secondary N) is 2. The van der Waals surface area contributed by atoms with E-state index in [2.05, 4.69) is 15.0 Å². The van der Waals surface area contributed by atoms with E-state index in [1.54, 1.807) is 18.2 Å². The average molecular weight is 399 g/mol. The van der Waals surface area contributed by atoms with Gasteiger partial charge in [0.25, 0.3) is 10.0 Å². The Morgan fingerprint density at radius 3 is 2.68 bits per heavy atom. The first-order valence-electron chi connectivity index (χ1n) is 9.09. The van der Waals surface area contributed by atoms with E-state index in [0.717, 1.165) is 11.3 Å². The maximum Gasteiger partial charge on any atom is 0.263 e. The highest BCUT2D eigenvalue weighted by Gasteiger charge is 2.34. The molecule has 0 bridgehead atoms. The van der Waals surface area contributed by atoms with Crippen molar-refractivity contribution >= 4 is 21.8 Å². The molecule has 0 aromatic heterocycles. The molecule has 2 atom stereocenters. The van der Waals surface area contributed by atoms with E-state index in [1.807, 2.05) is 38.1 Å². The summed E-state index contributed by atoms with van der Waals surface area (Å²) in [6.07, 6.45) is 0. The number of nitrogens with zero attached hydrogens (tertiary/aromatic N) is 1. The lowest BCUT2D eigenvalue weighted by Gasteiger charge is -2.20. The highest BCUT2D eigenvalue weighted by molar-refractivity contribution is 7.90. The van der Waals surface area contributed by atoms with E-state index in [9.17, 15) is 13.2 Å². The monoisotopic (exact) mass is 399 g/mol. The van der Waals surface area contributed by atoms with Crippen molar-refractivity contribution < 1.29 is 17.9 Å². The highest BCUT2D eigenvalue weighted by atomic mass is 32.2. The number of ether oxygens (including phenoxy) is 1. The number of amidine groups is 1. The predicted octanol–water partition coefficient (Wildman–Crippen LogP) is 2.00. The first kappa shape index (κ1) is 18.5. The molecule has 8 heteroatoms. The number of para-hydroxylation sites is 1. The van der Waals surface area contributed by atoms with Crippen LogP contribution in [0, 0.1) is 5.92 Å². The molecule has 2 N–H and O–H groups in total. The summed E-state index contributed by atoms with van der Waals surface area (Å²) in [5.74, 6) is 0.573. The van der Waals surface area contributed by atoms with Crippen LogP contribution in [-0.4, -0.2) is 32.8 Å². The molecule has 0 spiro atoms. The molecular weight excluding hydrogens is 378 g/mol. The van der Waals surface area contributed by atoms with Crippen LogP contribution in [0.4, 0.5) is 0 Å². The second kappa shape index (κ2) is 6.94. The van der Waals surface area contributed by atoms with Crippen molar-refractivity contribution in [1.82, 2.24) is 10.0 Å². The second-order valence-corrected chi connectivity index (χ2v) is 8.83. The van der Waals surface area contributed by atoms with Crippen LogP contribution in [0.3, 0.4) is 0 Å². The average Bonchev–Trinajstić information content (AvgIpc) is 3.18. The summed E-state index contributed by atoms with van der Waals surface area (Å²) in [4.78, 5) is 17.6. The quantitative estimate of drug-likeness (QED) is 0.822. The molecule has 4 rings (SSSR count). The minimum Gasteiger partial charge on any atom is -0.491 e. The molecule has 1 amide bonds. The molecular formula is C20H21N3O4S. The van der Waals surface area contributed by atoms with Crippen LogP contribution in [0.1, 0.15) is 31.0 Å². The normalized spacial score (nSPS) is 21.5. The first-order chi connectivity index (χ1) is 13.4. The Kier molecular flexibility index (Phi) is 4.58. The van der Waals surface area contributed by atoms with Gasteiger partial charge in [0, 0.05) is 11.1 Å². The van der Waals surface area contributed by atoms with Gasteiger partial charge in [0.1, 0.15) is 24.2 Å². The number of carbonyl (C=O) groups is 1. The summed E-state index contributed by atoms with van der Waals surface area (Å²) < 4.78 is 32.7. The Labute approximate surface area is 163 Å². The highest BCUT2D eigenvalue weighted by Crippen LogP contribution is 2.32. The molecule has 2 heterocycles. The van der Waals surface area contributed by atoms with Gasteiger partial charge in [-0.2, -0.15) is 0 Å². The molecule has 0 aliphatic carbocycles. The number of sulfonamides is 1. The minimum absolute atomic E-state index is 0.123. The Bertz CT molecular complexity index is 1060. The van der Waals surface area contributed by atoms with Crippen molar-refractivity contribution in [2.45, 2.75) is 30.8 Å². The van der Waals surface area contributed by atoms with Crippen molar-refractivity contribution in [3.05, 3.63) is 59.7 Å². The van der Waals surface area contributed by atoms with Crippen molar-refractivity contribution in [2.24, 2.45) is 10.9 Å². The smallest absolute Gasteiger partial charge is 0.263 e. The number of benzene rings is 2. The summed E-state index contributed by atoms with van der Waals surface area (Å²) in [7, 11) is -3.65. The molecule has 0 radical (unpaired) electrons. The van der Waals surface area contributed by atoms with E-state index < -0.39 is 16.1 Å². The standard InChI is InChI=1S/C20H21N3O4S/c1-12(2)18(20(24)21-15-11-27-16-9-5-3-7-13(15)16)22-19-14-8-4-6-10-17(14)28(25,26)23-19/h3-10,12,15,18H,11H2,1-2H3,(H,21,24)(H,22,23)/t15-,18-/m0/s1. The van der Waals surface area contributed by atoms with Crippen molar-refractivity contribution in [3.8, 4) is 5.75 Å². The molecule has 0 unspecified atom stereocenters. The van der Waals surface area contributed by atoms with Crippen LogP contribution >= 0.6 is 0 Å². The fourth-order valence-electron chi connectivity index (χ4n) is 3.42. The molecule has 2 aliphatic heterocycles. The van der Waals surface area contributed by atoms with E-state index in [4.69, 9.17) is 4.74 Å². The maximum absolute atomic E-state index is 13.0. The Balaban J connectivity index is 1.61. The summed E-state index contributed by atoms with van der Waals surface area (Å²) in [5, 5.41) is 2.99. The minimum atomic E-state index is -3.65. The Morgan fingerprint density at radius 1 is 1.18 bits per heavy atom. The van der Waals surface area contributed by atoms with E-state index in [1.165, 1.54) is 6.07 Å². The SMILES string of the molecule is CC(C)[C@H](N=C1NS(=O)(=O)c2ccccc21)C(=O)N[C@H]1COc2ccccc21. The molecule has 0 fully saturated rings. The molecule has 7 nitrogen and oxygen atoms in total. The molecule has 2 aliphatic rings. The molecule has 146 valence electrons. The fourth-order valence-corrected chi connectivity index (χ4v) is 4.66. The molecule has 0 saturated carbocycles. The van der Waals surface area contributed by atoms with Crippen molar-refractivity contribution in [2.75, 3.05) is 6.61 Å². The van der Waals surface area contributed by atoms with Gasteiger partial charge in [-0.15, -0.1) is 0 Å². The van der Waals surface area contributed by atoms with Gasteiger partial charge in [0.15, 0.2) is 0 Å². The number of hydrogen-bond acceptors (Lipinski definition) is 5. The number of carbonyl (C=O) groups excluding carboxylic acids is 1. The Morgan fingerprint density at radius 2 is 1.89 bits per heavy atom. The van der Waals surface area contributed by atoms with Crippen LogP contribution in [0.2, 0.25) is 0 Å². The lowest BCUT2D eigenvalue weighted by molar-refractivity contribution is -0.124. The number of hydrogen-bond donors (Lipinski definition) is 2. The van der Waals surface area contributed by atoms with Gasteiger partial charge < -0.3 is 10.1 Å². The van der Waals surface area contributed by atoms with Crippen molar-refractivity contribution in [3.63, 3.8) is 0 Å². The predicted molar refractivity (Wildman–Crippen MR) is 105 cm³/mol. The van der Waals surface area contributed by atoms with Crippen LogP contribution in [0.5, 0.6) is 5.75 Å². The Hall–Kier alpha value is -2.87. The largest absolute Gasteiger partial charge is 0.491 e. The molecule has 28 heavy (non-hydrogen) atoms. The number of rotatable bonds is 4. The van der Waals surface area contributed by atoms with Crippen LogP contribution in [-0.2, 0) is 14.8 Å². The van der Waals surface area contributed by atoms with Crippen LogP contribution < -0.4 is 14.8 Å². The zero-order valence-corrected chi connectivity index (χ0v) is 16.4. The van der Waals surface area contributed by atoms with Gasteiger partial charge in [-0.1, -0.05) is 44.2 Å². The second-order valence-electron chi connectivity index (χ2n) is 7.18. The van der Waals surface area contributed by atoms with E-state index in [0.29, 0.717) is 12.2 Å². The molecule has 2 aromatic rings. The van der Waals surface area contributed by atoms with E-state index >= 15 is 0 Å². The van der Waals surface area contributed by atoms with Gasteiger partial charge in [0.05, 0.1) is 10.9 Å². The first-order valence-corrected chi connectivity index (χ1v) is 10.6. The van der Waals surface area contributed by atoms with Gasteiger partial charge >= 0.3 is 0 Å². The maximum atomic E-state index is 13.0. The zero-order valence-electron chi connectivity index (χ0n) is 15.5. The molecule has 2 aromatic carbocycles. The van der Waals surface area contributed by atoms with Crippen molar-refractivity contribution in [1.29, 1.82) is 0 Å². The van der Waals surface area contributed by atoms with Gasteiger partial charge in [-0.05, 0) is 24.1 Å².